The van der Waals surface area contributed by atoms with E-state index in [2.05, 4.69) is 46.7 Å². The van der Waals surface area contributed by atoms with Crippen molar-refractivity contribution in [3.05, 3.63) is 0 Å². The zero-order valence-electron chi connectivity index (χ0n) is 17.5. The third kappa shape index (κ3) is 6.96. The Balaban J connectivity index is 4.88. The minimum atomic E-state index is -0.0388. The van der Waals surface area contributed by atoms with Gasteiger partial charge in [0.25, 0.3) is 0 Å². The molecular formula is C19H41NO4. The van der Waals surface area contributed by atoms with Crippen LogP contribution in [-0.2, 0) is 18.9 Å². The first-order valence-electron chi connectivity index (χ1n) is 9.02. The Bertz CT molecular complexity index is 326. The SMILES string of the molecule is CCC(C)(C[C@@](C)(CC)C(COCC(COC)OC)OC)N(C)C. The number of hydrogen-bond donors (Lipinski definition) is 0. The summed E-state index contributed by atoms with van der Waals surface area (Å²) in [6, 6.07) is 0. The quantitative estimate of drug-likeness (QED) is 0.482. The smallest absolute Gasteiger partial charge is 0.104 e. The van der Waals surface area contributed by atoms with Crippen molar-refractivity contribution in [3.63, 3.8) is 0 Å². The molecule has 0 rings (SSSR count). The summed E-state index contributed by atoms with van der Waals surface area (Å²) < 4.78 is 22.2. The Morgan fingerprint density at radius 3 is 1.88 bits per heavy atom. The number of nitrogens with zero attached hydrogens (tertiary/aromatic N) is 1. The molecule has 0 spiro atoms. The average molecular weight is 348 g/mol. The second-order valence-electron chi connectivity index (χ2n) is 7.50. The molecule has 0 aromatic heterocycles. The molecule has 0 amide bonds. The van der Waals surface area contributed by atoms with Gasteiger partial charge in [0.1, 0.15) is 6.10 Å². The Labute approximate surface area is 150 Å². The lowest BCUT2D eigenvalue weighted by Gasteiger charge is -2.46. The Kier molecular flexibility index (Phi) is 11.3. The standard InChI is InChI=1S/C19H41NO4/c1-10-18(3,15-19(4,11-2)20(5)6)17(23-9)14-24-13-16(22-8)12-21-7/h16-17H,10-15H2,1-9H3/t16?,17?,18-,19?/m1/s1. The first-order valence-corrected chi connectivity index (χ1v) is 9.02. The van der Waals surface area contributed by atoms with E-state index in [9.17, 15) is 0 Å². The highest BCUT2D eigenvalue weighted by molar-refractivity contribution is 4.93. The summed E-state index contributed by atoms with van der Waals surface area (Å²) >= 11 is 0. The highest BCUT2D eigenvalue weighted by Crippen LogP contribution is 2.39. The average Bonchev–Trinajstić information content (AvgIpc) is 2.57. The molecule has 0 aromatic rings. The molecule has 5 nitrogen and oxygen atoms in total. The van der Waals surface area contributed by atoms with Crippen molar-refractivity contribution in [1.29, 1.82) is 0 Å². The van der Waals surface area contributed by atoms with Gasteiger partial charge in [-0.25, -0.2) is 0 Å². The van der Waals surface area contributed by atoms with Crippen LogP contribution in [0.2, 0.25) is 0 Å². The zero-order chi connectivity index (χ0) is 18.8. The van der Waals surface area contributed by atoms with Crippen LogP contribution in [0.25, 0.3) is 0 Å². The number of rotatable bonds is 14. The fourth-order valence-electron chi connectivity index (χ4n) is 3.17. The fourth-order valence-corrected chi connectivity index (χ4v) is 3.17. The van der Waals surface area contributed by atoms with Crippen LogP contribution in [0.1, 0.15) is 47.0 Å². The maximum Gasteiger partial charge on any atom is 0.104 e. The summed E-state index contributed by atoms with van der Waals surface area (Å²) in [6.07, 6.45) is 3.22. The van der Waals surface area contributed by atoms with Gasteiger partial charge in [-0.3, -0.25) is 0 Å². The van der Waals surface area contributed by atoms with Crippen LogP contribution in [0.5, 0.6) is 0 Å². The van der Waals surface area contributed by atoms with Crippen molar-refractivity contribution in [3.8, 4) is 0 Å². The van der Waals surface area contributed by atoms with Gasteiger partial charge < -0.3 is 23.8 Å². The first kappa shape index (κ1) is 23.8. The van der Waals surface area contributed by atoms with Crippen molar-refractivity contribution in [2.45, 2.75) is 64.7 Å². The molecule has 0 aromatic carbocycles. The second kappa shape index (κ2) is 11.4. The minimum Gasteiger partial charge on any atom is -0.382 e. The van der Waals surface area contributed by atoms with E-state index in [4.69, 9.17) is 18.9 Å². The van der Waals surface area contributed by atoms with Crippen LogP contribution < -0.4 is 0 Å². The van der Waals surface area contributed by atoms with E-state index in [1.54, 1.807) is 21.3 Å². The van der Waals surface area contributed by atoms with E-state index in [1.165, 1.54) is 0 Å². The summed E-state index contributed by atoms with van der Waals surface area (Å²) in [6.45, 7) is 10.7. The van der Waals surface area contributed by atoms with Crippen molar-refractivity contribution >= 4 is 0 Å². The number of hydrogen-bond acceptors (Lipinski definition) is 5. The van der Waals surface area contributed by atoms with Crippen molar-refractivity contribution in [2.75, 3.05) is 55.2 Å². The number of methoxy groups -OCH3 is 3. The van der Waals surface area contributed by atoms with Gasteiger partial charge in [-0.15, -0.1) is 0 Å². The van der Waals surface area contributed by atoms with E-state index < -0.39 is 0 Å². The third-order valence-electron chi connectivity index (χ3n) is 5.75. The normalized spacial score (nSPS) is 19.8. The van der Waals surface area contributed by atoms with Gasteiger partial charge in [-0.05, 0) is 45.7 Å². The minimum absolute atomic E-state index is 0.0388. The van der Waals surface area contributed by atoms with Crippen molar-refractivity contribution in [1.82, 2.24) is 4.90 Å². The monoisotopic (exact) mass is 347 g/mol. The molecule has 0 aliphatic rings. The maximum absolute atomic E-state index is 5.91. The summed E-state index contributed by atoms with van der Waals surface area (Å²) in [4.78, 5) is 2.33. The predicted octanol–water partition coefficient (Wildman–Crippen LogP) is 3.22. The summed E-state index contributed by atoms with van der Waals surface area (Å²) in [5.74, 6) is 0. The van der Waals surface area contributed by atoms with E-state index in [0.717, 1.165) is 19.3 Å². The van der Waals surface area contributed by atoms with Gasteiger partial charge >= 0.3 is 0 Å². The molecule has 4 atom stereocenters. The lowest BCUT2D eigenvalue weighted by atomic mass is 9.71. The fraction of sp³-hybridized carbons (Fsp3) is 1.00. The van der Waals surface area contributed by atoms with Crippen LogP contribution >= 0.6 is 0 Å². The highest BCUT2D eigenvalue weighted by atomic mass is 16.6. The van der Waals surface area contributed by atoms with E-state index in [-0.39, 0.29) is 23.2 Å². The molecule has 0 saturated carbocycles. The Hall–Kier alpha value is -0.200. The molecule has 146 valence electrons. The van der Waals surface area contributed by atoms with Crippen LogP contribution in [0.3, 0.4) is 0 Å². The van der Waals surface area contributed by atoms with Crippen LogP contribution in [0.15, 0.2) is 0 Å². The molecule has 0 aliphatic carbocycles. The van der Waals surface area contributed by atoms with Gasteiger partial charge in [-0.2, -0.15) is 0 Å². The molecule has 3 unspecified atom stereocenters. The molecule has 24 heavy (non-hydrogen) atoms. The molecule has 0 N–H and O–H groups in total. The Morgan fingerprint density at radius 1 is 0.875 bits per heavy atom. The first-order chi connectivity index (χ1) is 11.2. The van der Waals surface area contributed by atoms with Crippen molar-refractivity contribution < 1.29 is 18.9 Å². The zero-order valence-corrected chi connectivity index (χ0v) is 17.5. The molecule has 0 aliphatic heterocycles. The van der Waals surface area contributed by atoms with Crippen LogP contribution in [0.4, 0.5) is 0 Å². The van der Waals surface area contributed by atoms with Gasteiger partial charge in [-0.1, -0.05) is 20.8 Å². The Morgan fingerprint density at radius 2 is 1.50 bits per heavy atom. The van der Waals surface area contributed by atoms with Gasteiger partial charge in [0.2, 0.25) is 0 Å². The predicted molar refractivity (Wildman–Crippen MR) is 99.7 cm³/mol. The van der Waals surface area contributed by atoms with Gasteiger partial charge in [0.05, 0.1) is 25.9 Å². The largest absolute Gasteiger partial charge is 0.382 e. The lowest BCUT2D eigenvalue weighted by Crippen LogP contribution is -2.49. The van der Waals surface area contributed by atoms with Crippen LogP contribution in [-0.4, -0.2) is 77.9 Å². The second-order valence-corrected chi connectivity index (χ2v) is 7.50. The van der Waals surface area contributed by atoms with Gasteiger partial charge in [0, 0.05) is 26.9 Å². The maximum atomic E-state index is 5.91. The lowest BCUT2D eigenvalue weighted by molar-refractivity contribution is -0.1000. The molecule has 0 heterocycles. The molecule has 0 fully saturated rings. The van der Waals surface area contributed by atoms with Crippen molar-refractivity contribution in [2.24, 2.45) is 5.41 Å². The molecule has 0 bridgehead atoms. The summed E-state index contributed by atoms with van der Waals surface area (Å²) in [5.41, 5.74) is 0.195. The molecular weight excluding hydrogens is 306 g/mol. The highest BCUT2D eigenvalue weighted by Gasteiger charge is 2.40. The topological polar surface area (TPSA) is 40.2 Å². The van der Waals surface area contributed by atoms with E-state index in [1.807, 2.05) is 0 Å². The summed E-state index contributed by atoms with van der Waals surface area (Å²) in [7, 11) is 9.45. The van der Waals surface area contributed by atoms with E-state index in [0.29, 0.717) is 19.8 Å². The number of ether oxygens (including phenoxy) is 4. The molecule has 5 heteroatoms. The molecule has 0 radical (unpaired) electrons. The third-order valence-corrected chi connectivity index (χ3v) is 5.75. The molecule has 0 saturated heterocycles. The van der Waals surface area contributed by atoms with E-state index >= 15 is 0 Å². The van der Waals surface area contributed by atoms with Gasteiger partial charge in [0.15, 0.2) is 0 Å². The van der Waals surface area contributed by atoms with Crippen LogP contribution in [0, 0.1) is 5.41 Å². The summed E-state index contributed by atoms with van der Waals surface area (Å²) in [5, 5.41) is 0.